The number of rotatable bonds is 4. The minimum absolute atomic E-state index is 0.0425. The highest BCUT2D eigenvalue weighted by Crippen LogP contribution is 2.31. The van der Waals surface area contributed by atoms with Crippen molar-refractivity contribution in [3.63, 3.8) is 0 Å². The van der Waals surface area contributed by atoms with Crippen LogP contribution in [0.25, 0.3) is 0 Å². The highest BCUT2D eigenvalue weighted by atomic mass is 32.2. The van der Waals surface area contributed by atoms with Crippen molar-refractivity contribution in [1.82, 2.24) is 0 Å². The van der Waals surface area contributed by atoms with Gasteiger partial charge in [-0.2, -0.15) is 0 Å². The standard InChI is InChI=1S/C10H18O4S/c1-3-14-10(11)9(15(2,12)13)8-6-4-5-7-8/h8-9H,3-7H2,1-2H3/t9-/m1/s1. The van der Waals surface area contributed by atoms with Crippen molar-refractivity contribution < 1.29 is 17.9 Å². The third-order valence-electron chi connectivity index (χ3n) is 2.81. The summed E-state index contributed by atoms with van der Waals surface area (Å²) in [5, 5.41) is -0.944. The van der Waals surface area contributed by atoms with Crippen molar-refractivity contribution in [2.75, 3.05) is 12.9 Å². The van der Waals surface area contributed by atoms with E-state index in [1.54, 1.807) is 6.92 Å². The van der Waals surface area contributed by atoms with Crippen LogP contribution in [0.1, 0.15) is 32.6 Å². The second kappa shape index (κ2) is 4.96. The van der Waals surface area contributed by atoms with Crippen LogP contribution in [0, 0.1) is 5.92 Å². The zero-order valence-electron chi connectivity index (χ0n) is 9.23. The third-order valence-corrected chi connectivity index (χ3v) is 4.31. The molecule has 0 radical (unpaired) electrons. The Bertz CT molecular complexity index is 314. The number of carbonyl (C=O) groups is 1. The molecule has 0 amide bonds. The minimum Gasteiger partial charge on any atom is -0.465 e. The maximum atomic E-state index is 11.6. The van der Waals surface area contributed by atoms with Gasteiger partial charge in [-0.05, 0) is 25.7 Å². The van der Waals surface area contributed by atoms with E-state index >= 15 is 0 Å². The van der Waals surface area contributed by atoms with Gasteiger partial charge in [-0.15, -0.1) is 0 Å². The van der Waals surface area contributed by atoms with E-state index < -0.39 is 21.1 Å². The number of sulfone groups is 1. The zero-order chi connectivity index (χ0) is 11.5. The lowest BCUT2D eigenvalue weighted by Crippen LogP contribution is -2.37. The highest BCUT2D eigenvalue weighted by molar-refractivity contribution is 7.92. The van der Waals surface area contributed by atoms with Gasteiger partial charge in [0.2, 0.25) is 0 Å². The SMILES string of the molecule is CCOC(=O)[C@@H](C1CCCC1)S(C)(=O)=O. The van der Waals surface area contributed by atoms with E-state index in [0.29, 0.717) is 0 Å². The first-order chi connectivity index (χ1) is 6.96. The van der Waals surface area contributed by atoms with Gasteiger partial charge in [0, 0.05) is 6.26 Å². The summed E-state index contributed by atoms with van der Waals surface area (Å²) >= 11 is 0. The molecule has 1 rings (SSSR count). The lowest BCUT2D eigenvalue weighted by molar-refractivity contribution is -0.143. The summed E-state index contributed by atoms with van der Waals surface area (Å²) in [6.45, 7) is 1.92. The Hall–Kier alpha value is -0.580. The molecular formula is C10H18O4S. The van der Waals surface area contributed by atoms with E-state index in [1.165, 1.54) is 0 Å². The van der Waals surface area contributed by atoms with Crippen molar-refractivity contribution in [1.29, 1.82) is 0 Å². The molecule has 1 fully saturated rings. The molecule has 15 heavy (non-hydrogen) atoms. The number of hydrogen-bond donors (Lipinski definition) is 0. The average Bonchev–Trinajstić information content (AvgIpc) is 2.55. The molecule has 0 heterocycles. The monoisotopic (exact) mass is 234 g/mol. The molecule has 1 atom stereocenters. The molecule has 1 aliphatic rings. The Morgan fingerprint density at radius 1 is 1.40 bits per heavy atom. The van der Waals surface area contributed by atoms with E-state index in [9.17, 15) is 13.2 Å². The molecule has 0 bridgehead atoms. The summed E-state index contributed by atoms with van der Waals surface area (Å²) < 4.78 is 27.9. The fraction of sp³-hybridized carbons (Fsp3) is 0.900. The van der Waals surface area contributed by atoms with Gasteiger partial charge in [-0.1, -0.05) is 12.8 Å². The van der Waals surface area contributed by atoms with Crippen LogP contribution in [-0.2, 0) is 19.4 Å². The maximum Gasteiger partial charge on any atom is 0.324 e. The van der Waals surface area contributed by atoms with Gasteiger partial charge in [0.15, 0.2) is 15.1 Å². The lowest BCUT2D eigenvalue weighted by atomic mass is 10.0. The zero-order valence-corrected chi connectivity index (χ0v) is 10.0. The average molecular weight is 234 g/mol. The molecule has 1 aliphatic carbocycles. The Balaban J connectivity index is 2.82. The van der Waals surface area contributed by atoms with Crippen molar-refractivity contribution >= 4 is 15.8 Å². The van der Waals surface area contributed by atoms with Crippen molar-refractivity contribution in [2.45, 2.75) is 37.9 Å². The van der Waals surface area contributed by atoms with Crippen LogP contribution in [0.2, 0.25) is 0 Å². The first-order valence-corrected chi connectivity index (χ1v) is 7.27. The molecule has 0 spiro atoms. The first kappa shape index (κ1) is 12.5. The fourth-order valence-electron chi connectivity index (χ4n) is 2.20. The van der Waals surface area contributed by atoms with Crippen molar-refractivity contribution in [3.8, 4) is 0 Å². The summed E-state index contributed by atoms with van der Waals surface area (Å²) in [4.78, 5) is 11.6. The van der Waals surface area contributed by atoms with Crippen LogP contribution in [0.3, 0.4) is 0 Å². The van der Waals surface area contributed by atoms with Crippen LogP contribution < -0.4 is 0 Å². The van der Waals surface area contributed by atoms with E-state index in [1.807, 2.05) is 0 Å². The number of carbonyl (C=O) groups excluding carboxylic acids is 1. The van der Waals surface area contributed by atoms with Gasteiger partial charge in [-0.3, -0.25) is 4.79 Å². The topological polar surface area (TPSA) is 60.4 Å². The molecule has 0 aliphatic heterocycles. The van der Waals surface area contributed by atoms with Crippen molar-refractivity contribution in [2.24, 2.45) is 5.92 Å². The summed E-state index contributed by atoms with van der Waals surface area (Å²) in [5.41, 5.74) is 0. The Morgan fingerprint density at radius 2 is 1.93 bits per heavy atom. The van der Waals surface area contributed by atoms with Gasteiger partial charge in [0.05, 0.1) is 6.61 Å². The summed E-state index contributed by atoms with van der Waals surface area (Å²) in [6, 6.07) is 0. The Kier molecular flexibility index (Phi) is 4.13. The first-order valence-electron chi connectivity index (χ1n) is 5.32. The molecule has 0 aromatic heterocycles. The van der Waals surface area contributed by atoms with E-state index in [0.717, 1.165) is 31.9 Å². The molecule has 88 valence electrons. The normalized spacial score (nSPS) is 20.1. The lowest BCUT2D eigenvalue weighted by Gasteiger charge is -2.19. The minimum atomic E-state index is -3.34. The predicted molar refractivity (Wildman–Crippen MR) is 57.2 cm³/mol. The third kappa shape index (κ3) is 3.19. The molecule has 0 N–H and O–H groups in total. The number of hydrogen-bond acceptors (Lipinski definition) is 4. The van der Waals surface area contributed by atoms with Gasteiger partial charge in [0.25, 0.3) is 0 Å². The largest absolute Gasteiger partial charge is 0.465 e. The van der Waals surface area contributed by atoms with Gasteiger partial charge < -0.3 is 4.74 Å². The summed E-state index contributed by atoms with van der Waals surface area (Å²) in [7, 11) is -3.34. The molecule has 1 saturated carbocycles. The molecular weight excluding hydrogens is 216 g/mol. The van der Waals surface area contributed by atoms with Crippen molar-refractivity contribution in [3.05, 3.63) is 0 Å². The van der Waals surface area contributed by atoms with E-state index in [2.05, 4.69) is 0 Å². The fourth-order valence-corrected chi connectivity index (χ4v) is 3.59. The second-order valence-corrected chi connectivity index (χ2v) is 6.21. The van der Waals surface area contributed by atoms with Gasteiger partial charge >= 0.3 is 5.97 Å². The quantitative estimate of drug-likeness (QED) is 0.685. The molecule has 4 nitrogen and oxygen atoms in total. The Labute approximate surface area is 90.9 Å². The maximum absolute atomic E-state index is 11.6. The second-order valence-electron chi connectivity index (χ2n) is 4.05. The summed E-state index contributed by atoms with van der Waals surface area (Å²) in [5.74, 6) is -0.619. The van der Waals surface area contributed by atoms with Gasteiger partial charge in [0.1, 0.15) is 0 Å². The molecule has 0 unspecified atom stereocenters. The van der Waals surface area contributed by atoms with Crippen LogP contribution in [0.5, 0.6) is 0 Å². The van der Waals surface area contributed by atoms with E-state index in [4.69, 9.17) is 4.74 Å². The predicted octanol–water partition coefficient (Wildman–Crippen LogP) is 1.15. The molecule has 0 aromatic rings. The number of esters is 1. The number of ether oxygens (including phenoxy) is 1. The highest BCUT2D eigenvalue weighted by Gasteiger charge is 2.39. The molecule has 5 heteroatoms. The summed E-state index contributed by atoms with van der Waals surface area (Å²) in [6.07, 6.45) is 4.77. The van der Waals surface area contributed by atoms with Crippen LogP contribution in [-0.4, -0.2) is 32.5 Å². The Morgan fingerprint density at radius 3 is 2.33 bits per heavy atom. The van der Waals surface area contributed by atoms with Crippen LogP contribution in [0.4, 0.5) is 0 Å². The van der Waals surface area contributed by atoms with Gasteiger partial charge in [-0.25, -0.2) is 8.42 Å². The molecule has 0 aromatic carbocycles. The molecule has 0 saturated heterocycles. The van der Waals surface area contributed by atoms with E-state index in [-0.39, 0.29) is 12.5 Å². The van der Waals surface area contributed by atoms with Crippen LogP contribution in [0.15, 0.2) is 0 Å². The van der Waals surface area contributed by atoms with Crippen LogP contribution >= 0.6 is 0 Å². The smallest absolute Gasteiger partial charge is 0.324 e.